The van der Waals surface area contributed by atoms with Crippen LogP contribution < -0.4 is 5.32 Å². The van der Waals surface area contributed by atoms with E-state index in [2.05, 4.69) is 15.5 Å². The van der Waals surface area contributed by atoms with Gasteiger partial charge in [-0.05, 0) is 44.1 Å². The van der Waals surface area contributed by atoms with E-state index in [1.54, 1.807) is 0 Å². The third kappa shape index (κ3) is 3.26. The molecule has 0 radical (unpaired) electrons. The lowest BCUT2D eigenvalue weighted by atomic mass is 9.98. The van der Waals surface area contributed by atoms with Gasteiger partial charge in [0.05, 0.1) is 0 Å². The first-order valence-electron chi connectivity index (χ1n) is 6.13. The van der Waals surface area contributed by atoms with Crippen LogP contribution in [0.3, 0.4) is 0 Å². The van der Waals surface area contributed by atoms with Crippen LogP contribution in [-0.2, 0) is 0 Å². The highest BCUT2D eigenvalue weighted by Crippen LogP contribution is 2.26. The van der Waals surface area contributed by atoms with Gasteiger partial charge in [-0.25, -0.2) is 0 Å². The van der Waals surface area contributed by atoms with Crippen molar-refractivity contribution in [3.05, 3.63) is 35.1 Å². The Balaban J connectivity index is 0.00000133. The maximum Gasteiger partial charge on any atom is 0.257 e. The summed E-state index contributed by atoms with van der Waals surface area (Å²) in [4.78, 5) is 4.48. The number of hydrogen-bond acceptors (Lipinski definition) is 4. The number of benzene rings is 1. The fourth-order valence-corrected chi connectivity index (χ4v) is 2.41. The first-order valence-corrected chi connectivity index (χ1v) is 6.51. The molecular weight excluding hydrogens is 285 g/mol. The molecule has 1 aliphatic rings. The summed E-state index contributed by atoms with van der Waals surface area (Å²) in [7, 11) is 0. The zero-order valence-corrected chi connectivity index (χ0v) is 11.9. The predicted octanol–water partition coefficient (Wildman–Crippen LogP) is 3.28. The summed E-state index contributed by atoms with van der Waals surface area (Å²) in [6.45, 7) is 2.04. The van der Waals surface area contributed by atoms with Gasteiger partial charge in [0.1, 0.15) is 0 Å². The van der Waals surface area contributed by atoms with Gasteiger partial charge in [0.25, 0.3) is 5.89 Å². The molecular formula is C13H15Cl2N3O. The molecule has 1 aliphatic heterocycles. The molecule has 0 bridgehead atoms. The molecule has 0 spiro atoms. The standard InChI is InChI=1S/C13H14ClN3O.ClH/c14-11-3-1-2-10(8-11)13-16-12(17-18-13)9-4-6-15-7-5-9;/h1-3,8-9,15H,4-7H2;1H. The molecule has 0 atom stereocenters. The van der Waals surface area contributed by atoms with Gasteiger partial charge in [-0.3, -0.25) is 0 Å². The highest BCUT2D eigenvalue weighted by molar-refractivity contribution is 6.30. The van der Waals surface area contributed by atoms with Crippen LogP contribution in [0, 0.1) is 0 Å². The van der Waals surface area contributed by atoms with E-state index in [1.807, 2.05) is 24.3 Å². The summed E-state index contributed by atoms with van der Waals surface area (Å²) in [6, 6.07) is 7.47. The zero-order chi connectivity index (χ0) is 12.4. The highest BCUT2D eigenvalue weighted by Gasteiger charge is 2.21. The minimum Gasteiger partial charge on any atom is -0.334 e. The number of nitrogens with one attached hydrogen (secondary N) is 1. The molecule has 1 saturated heterocycles. The van der Waals surface area contributed by atoms with E-state index >= 15 is 0 Å². The SMILES string of the molecule is Cl.Clc1cccc(-c2nc(C3CCNCC3)no2)c1. The van der Waals surface area contributed by atoms with Gasteiger partial charge in [-0.1, -0.05) is 22.8 Å². The van der Waals surface area contributed by atoms with Crippen LogP contribution in [0.5, 0.6) is 0 Å². The monoisotopic (exact) mass is 299 g/mol. The van der Waals surface area contributed by atoms with Gasteiger partial charge in [-0.2, -0.15) is 4.98 Å². The number of aromatic nitrogens is 2. The van der Waals surface area contributed by atoms with Crippen molar-refractivity contribution in [2.75, 3.05) is 13.1 Å². The summed E-state index contributed by atoms with van der Waals surface area (Å²) >= 11 is 5.95. The molecule has 1 aromatic heterocycles. The van der Waals surface area contributed by atoms with Crippen molar-refractivity contribution in [2.45, 2.75) is 18.8 Å². The molecule has 0 amide bonds. The second kappa shape index (κ2) is 6.37. The summed E-state index contributed by atoms with van der Waals surface area (Å²) in [5.41, 5.74) is 0.871. The fraction of sp³-hybridized carbons (Fsp3) is 0.385. The van der Waals surface area contributed by atoms with Gasteiger partial charge in [0, 0.05) is 16.5 Å². The predicted molar refractivity (Wildman–Crippen MR) is 76.8 cm³/mol. The van der Waals surface area contributed by atoms with E-state index in [-0.39, 0.29) is 12.4 Å². The van der Waals surface area contributed by atoms with Crippen molar-refractivity contribution in [3.63, 3.8) is 0 Å². The van der Waals surface area contributed by atoms with Crippen molar-refractivity contribution < 1.29 is 4.52 Å². The Labute approximate surface area is 122 Å². The first-order chi connectivity index (χ1) is 8.83. The van der Waals surface area contributed by atoms with Crippen molar-refractivity contribution in [1.29, 1.82) is 0 Å². The second-order valence-electron chi connectivity index (χ2n) is 4.49. The fourth-order valence-electron chi connectivity index (χ4n) is 2.22. The molecule has 0 unspecified atom stereocenters. The van der Waals surface area contributed by atoms with Crippen molar-refractivity contribution in [3.8, 4) is 11.5 Å². The topological polar surface area (TPSA) is 51.0 Å². The molecule has 0 aliphatic carbocycles. The average molecular weight is 300 g/mol. The van der Waals surface area contributed by atoms with E-state index in [0.29, 0.717) is 16.8 Å². The van der Waals surface area contributed by atoms with Crippen molar-refractivity contribution >= 4 is 24.0 Å². The molecule has 2 aromatic rings. The highest BCUT2D eigenvalue weighted by atomic mass is 35.5. The van der Waals surface area contributed by atoms with E-state index < -0.39 is 0 Å². The number of hydrogen-bond donors (Lipinski definition) is 1. The Morgan fingerprint density at radius 2 is 2.05 bits per heavy atom. The molecule has 1 aromatic carbocycles. The summed E-state index contributed by atoms with van der Waals surface area (Å²) in [5, 5.41) is 8.09. The summed E-state index contributed by atoms with van der Waals surface area (Å²) in [5.74, 6) is 1.76. The normalized spacial score (nSPS) is 16.1. The number of piperidine rings is 1. The quantitative estimate of drug-likeness (QED) is 0.924. The third-order valence-electron chi connectivity index (χ3n) is 3.22. The van der Waals surface area contributed by atoms with Crippen LogP contribution >= 0.6 is 24.0 Å². The second-order valence-corrected chi connectivity index (χ2v) is 4.93. The van der Waals surface area contributed by atoms with Crippen molar-refractivity contribution in [1.82, 2.24) is 15.5 Å². The molecule has 19 heavy (non-hydrogen) atoms. The van der Waals surface area contributed by atoms with Crippen LogP contribution in [0.15, 0.2) is 28.8 Å². The van der Waals surface area contributed by atoms with Gasteiger partial charge < -0.3 is 9.84 Å². The summed E-state index contributed by atoms with van der Waals surface area (Å²) < 4.78 is 5.32. The molecule has 1 N–H and O–H groups in total. The third-order valence-corrected chi connectivity index (χ3v) is 3.45. The molecule has 2 heterocycles. The Hall–Kier alpha value is -1.10. The molecule has 4 nitrogen and oxygen atoms in total. The minimum atomic E-state index is 0. The van der Waals surface area contributed by atoms with Crippen LogP contribution in [0.2, 0.25) is 5.02 Å². The summed E-state index contributed by atoms with van der Waals surface area (Å²) in [6.07, 6.45) is 2.13. The molecule has 0 saturated carbocycles. The zero-order valence-electron chi connectivity index (χ0n) is 10.3. The lowest BCUT2D eigenvalue weighted by Gasteiger charge is -2.18. The first kappa shape index (κ1) is 14.3. The van der Waals surface area contributed by atoms with Crippen molar-refractivity contribution in [2.24, 2.45) is 0 Å². The van der Waals surface area contributed by atoms with E-state index in [1.165, 1.54) is 0 Å². The lowest BCUT2D eigenvalue weighted by molar-refractivity contribution is 0.392. The largest absolute Gasteiger partial charge is 0.334 e. The van der Waals surface area contributed by atoms with Gasteiger partial charge in [0.15, 0.2) is 5.82 Å². The molecule has 1 fully saturated rings. The van der Waals surface area contributed by atoms with Crippen LogP contribution in [0.4, 0.5) is 0 Å². The molecule has 6 heteroatoms. The van der Waals surface area contributed by atoms with Gasteiger partial charge in [0.2, 0.25) is 0 Å². The maximum atomic E-state index is 5.95. The Kier molecular flexibility index (Phi) is 4.80. The van der Waals surface area contributed by atoms with Crippen LogP contribution in [-0.4, -0.2) is 23.2 Å². The maximum absolute atomic E-state index is 5.95. The lowest BCUT2D eigenvalue weighted by Crippen LogP contribution is -2.27. The Morgan fingerprint density at radius 1 is 1.26 bits per heavy atom. The molecule has 3 rings (SSSR count). The van der Waals surface area contributed by atoms with E-state index in [4.69, 9.17) is 16.1 Å². The Bertz CT molecular complexity index is 538. The molecule has 102 valence electrons. The minimum absolute atomic E-state index is 0. The van der Waals surface area contributed by atoms with Crippen LogP contribution in [0.25, 0.3) is 11.5 Å². The van der Waals surface area contributed by atoms with Gasteiger partial charge in [-0.15, -0.1) is 12.4 Å². The Morgan fingerprint density at radius 3 is 2.79 bits per heavy atom. The number of halogens is 2. The number of rotatable bonds is 2. The number of nitrogens with zero attached hydrogens (tertiary/aromatic N) is 2. The van der Waals surface area contributed by atoms with E-state index in [9.17, 15) is 0 Å². The average Bonchev–Trinajstić information content (AvgIpc) is 2.89. The smallest absolute Gasteiger partial charge is 0.257 e. The van der Waals surface area contributed by atoms with E-state index in [0.717, 1.165) is 37.3 Å². The van der Waals surface area contributed by atoms with Crippen LogP contribution in [0.1, 0.15) is 24.6 Å². The van der Waals surface area contributed by atoms with Gasteiger partial charge >= 0.3 is 0 Å².